The maximum Gasteiger partial charge on any atom is 0.329 e. The lowest BCUT2D eigenvalue weighted by atomic mass is 10.1. The molecule has 0 radical (unpaired) electrons. The third-order valence-corrected chi connectivity index (χ3v) is 2.01. The van der Waals surface area contributed by atoms with Crippen LogP contribution in [0.15, 0.2) is 24.3 Å². The van der Waals surface area contributed by atoms with Crippen LogP contribution >= 0.6 is 11.6 Å². The Bertz CT molecular complexity index is 323. The minimum Gasteiger partial charge on any atom is -0.480 e. The molecule has 15 heavy (non-hydrogen) atoms. The number of carboxylic acids is 1. The van der Waals surface area contributed by atoms with Crippen molar-refractivity contribution in [2.24, 2.45) is 0 Å². The molecule has 1 unspecified atom stereocenters. The number of carbonyl (C=O) groups is 1. The minimum atomic E-state index is -1.06. The molecule has 0 aliphatic carbocycles. The van der Waals surface area contributed by atoms with Crippen LogP contribution in [0.25, 0.3) is 0 Å². The molecular formula is C10H11ClO4. The standard InChI is InChI=1S/C10H11ClO4/c11-8-3-1-7(2-4-8)9(12)5-15-6-10(13)14/h1-4,9,12H,5-6H2,(H,13,14). The number of benzene rings is 1. The van der Waals surface area contributed by atoms with E-state index >= 15 is 0 Å². The van der Waals surface area contributed by atoms with Gasteiger partial charge in [-0.1, -0.05) is 23.7 Å². The van der Waals surface area contributed by atoms with Crippen LogP contribution in [0.2, 0.25) is 5.02 Å². The Balaban J connectivity index is 2.43. The van der Waals surface area contributed by atoms with E-state index in [0.29, 0.717) is 10.6 Å². The van der Waals surface area contributed by atoms with E-state index in [-0.39, 0.29) is 6.61 Å². The topological polar surface area (TPSA) is 66.8 Å². The SMILES string of the molecule is O=C(O)COCC(O)c1ccc(Cl)cc1. The van der Waals surface area contributed by atoms with Crippen molar-refractivity contribution >= 4 is 17.6 Å². The second-order valence-electron chi connectivity index (χ2n) is 2.98. The molecule has 4 nitrogen and oxygen atoms in total. The van der Waals surface area contributed by atoms with E-state index in [2.05, 4.69) is 0 Å². The van der Waals surface area contributed by atoms with Crippen molar-refractivity contribution in [2.75, 3.05) is 13.2 Å². The fraction of sp³-hybridized carbons (Fsp3) is 0.300. The summed E-state index contributed by atoms with van der Waals surface area (Å²) >= 11 is 5.67. The van der Waals surface area contributed by atoms with Crippen LogP contribution < -0.4 is 0 Å². The average Bonchev–Trinajstić information content (AvgIpc) is 2.18. The van der Waals surface area contributed by atoms with Crippen LogP contribution in [0.3, 0.4) is 0 Å². The fourth-order valence-electron chi connectivity index (χ4n) is 1.04. The molecule has 0 heterocycles. The van der Waals surface area contributed by atoms with Crippen molar-refractivity contribution in [1.82, 2.24) is 0 Å². The second-order valence-corrected chi connectivity index (χ2v) is 3.41. The zero-order chi connectivity index (χ0) is 11.3. The summed E-state index contributed by atoms with van der Waals surface area (Å²) in [6, 6.07) is 6.63. The number of rotatable bonds is 5. The predicted octanol–water partition coefficient (Wildman–Crippen LogP) is 1.47. The van der Waals surface area contributed by atoms with Crippen molar-refractivity contribution in [1.29, 1.82) is 0 Å². The highest BCUT2D eigenvalue weighted by Crippen LogP contribution is 2.16. The highest BCUT2D eigenvalue weighted by atomic mass is 35.5. The third-order valence-electron chi connectivity index (χ3n) is 1.76. The highest BCUT2D eigenvalue weighted by molar-refractivity contribution is 6.30. The molecule has 0 saturated heterocycles. The third kappa shape index (κ3) is 4.29. The number of aliphatic hydroxyl groups excluding tert-OH is 1. The second kappa shape index (κ2) is 5.70. The summed E-state index contributed by atoms with van der Waals surface area (Å²) in [4.78, 5) is 10.1. The summed E-state index contributed by atoms with van der Waals surface area (Å²) in [7, 11) is 0. The van der Waals surface area contributed by atoms with Crippen molar-refractivity contribution in [3.05, 3.63) is 34.9 Å². The molecule has 0 spiro atoms. The van der Waals surface area contributed by atoms with E-state index in [1.807, 2.05) is 0 Å². The van der Waals surface area contributed by atoms with Crippen LogP contribution in [0.5, 0.6) is 0 Å². The molecule has 1 rings (SSSR count). The lowest BCUT2D eigenvalue weighted by Crippen LogP contribution is -2.12. The smallest absolute Gasteiger partial charge is 0.329 e. The first-order valence-corrected chi connectivity index (χ1v) is 4.70. The summed E-state index contributed by atoms with van der Waals surface area (Å²) in [6.45, 7) is -0.460. The summed E-state index contributed by atoms with van der Waals surface area (Å²) < 4.78 is 4.76. The lowest BCUT2D eigenvalue weighted by Gasteiger charge is -2.10. The molecular weight excluding hydrogens is 220 g/mol. The minimum absolute atomic E-state index is 0.0477. The number of ether oxygens (including phenoxy) is 1. The predicted molar refractivity (Wildman–Crippen MR) is 54.9 cm³/mol. The maximum absolute atomic E-state index is 10.1. The van der Waals surface area contributed by atoms with Gasteiger partial charge in [0, 0.05) is 5.02 Å². The van der Waals surface area contributed by atoms with E-state index in [9.17, 15) is 9.90 Å². The molecule has 0 saturated carbocycles. The number of hydrogen-bond acceptors (Lipinski definition) is 3. The van der Waals surface area contributed by atoms with Gasteiger partial charge in [0.2, 0.25) is 0 Å². The zero-order valence-corrected chi connectivity index (χ0v) is 8.65. The van der Waals surface area contributed by atoms with Crippen molar-refractivity contribution in [2.45, 2.75) is 6.10 Å². The van der Waals surface area contributed by atoms with E-state index < -0.39 is 18.7 Å². The van der Waals surface area contributed by atoms with Crippen LogP contribution in [0, 0.1) is 0 Å². The van der Waals surface area contributed by atoms with Gasteiger partial charge in [0.05, 0.1) is 6.61 Å². The van der Waals surface area contributed by atoms with Crippen molar-refractivity contribution < 1.29 is 19.7 Å². The first-order valence-electron chi connectivity index (χ1n) is 4.32. The van der Waals surface area contributed by atoms with Crippen molar-refractivity contribution in [3.8, 4) is 0 Å². The molecule has 82 valence electrons. The first-order chi connectivity index (χ1) is 7.09. The Morgan fingerprint density at radius 1 is 1.40 bits per heavy atom. The van der Waals surface area contributed by atoms with Gasteiger partial charge in [-0.25, -0.2) is 4.79 Å². The number of aliphatic carboxylic acids is 1. The van der Waals surface area contributed by atoms with Gasteiger partial charge in [0.1, 0.15) is 12.7 Å². The molecule has 1 aromatic carbocycles. The summed E-state index contributed by atoms with van der Waals surface area (Å²) in [5.41, 5.74) is 0.643. The van der Waals surface area contributed by atoms with Gasteiger partial charge in [-0.05, 0) is 17.7 Å². The van der Waals surface area contributed by atoms with E-state index in [1.165, 1.54) is 0 Å². The van der Waals surface area contributed by atoms with Crippen LogP contribution in [-0.4, -0.2) is 29.4 Å². The number of halogens is 1. The molecule has 0 aromatic heterocycles. The largest absolute Gasteiger partial charge is 0.480 e. The van der Waals surface area contributed by atoms with Crippen molar-refractivity contribution in [3.63, 3.8) is 0 Å². The molecule has 1 aromatic rings. The first kappa shape index (κ1) is 12.0. The number of carboxylic acid groups (broad SMARTS) is 1. The van der Waals surface area contributed by atoms with E-state index in [1.54, 1.807) is 24.3 Å². The van der Waals surface area contributed by atoms with Gasteiger partial charge >= 0.3 is 5.97 Å². The fourth-order valence-corrected chi connectivity index (χ4v) is 1.17. The average molecular weight is 231 g/mol. The lowest BCUT2D eigenvalue weighted by molar-refractivity contribution is -0.143. The molecule has 2 N–H and O–H groups in total. The normalized spacial score (nSPS) is 12.4. The van der Waals surface area contributed by atoms with Gasteiger partial charge in [-0.15, -0.1) is 0 Å². The number of hydrogen-bond donors (Lipinski definition) is 2. The maximum atomic E-state index is 10.1. The summed E-state index contributed by atoms with van der Waals surface area (Å²) in [5.74, 6) is -1.06. The monoisotopic (exact) mass is 230 g/mol. The molecule has 0 aliphatic rings. The Morgan fingerprint density at radius 2 is 2.00 bits per heavy atom. The van der Waals surface area contributed by atoms with Gasteiger partial charge in [-0.2, -0.15) is 0 Å². The van der Waals surface area contributed by atoms with Gasteiger partial charge in [-0.3, -0.25) is 0 Å². The number of aliphatic hydroxyl groups is 1. The zero-order valence-electron chi connectivity index (χ0n) is 7.89. The Kier molecular flexibility index (Phi) is 4.55. The van der Waals surface area contributed by atoms with E-state index in [4.69, 9.17) is 21.4 Å². The Labute approximate surface area is 92.1 Å². The van der Waals surface area contributed by atoms with Gasteiger partial charge < -0.3 is 14.9 Å². The Hall–Kier alpha value is -1.10. The van der Waals surface area contributed by atoms with Crippen LogP contribution in [0.4, 0.5) is 0 Å². The highest BCUT2D eigenvalue weighted by Gasteiger charge is 2.08. The molecule has 0 fully saturated rings. The molecule has 0 bridgehead atoms. The molecule has 0 amide bonds. The Morgan fingerprint density at radius 3 is 2.53 bits per heavy atom. The summed E-state index contributed by atoms with van der Waals surface area (Å²) in [6.07, 6.45) is -0.832. The van der Waals surface area contributed by atoms with Gasteiger partial charge in [0.15, 0.2) is 0 Å². The molecule has 1 atom stereocenters. The molecule has 0 aliphatic heterocycles. The van der Waals surface area contributed by atoms with E-state index in [0.717, 1.165) is 0 Å². The summed E-state index contributed by atoms with van der Waals surface area (Å²) in [5, 5.41) is 18.5. The van der Waals surface area contributed by atoms with Crippen LogP contribution in [0.1, 0.15) is 11.7 Å². The quantitative estimate of drug-likeness (QED) is 0.804. The van der Waals surface area contributed by atoms with Gasteiger partial charge in [0.25, 0.3) is 0 Å². The molecule has 5 heteroatoms. The van der Waals surface area contributed by atoms with Crippen LogP contribution in [-0.2, 0) is 9.53 Å².